The SMILES string of the molecule is CCN1CCC(N(C)S(=O)(=O)c2ccc(CCO)s2)CC1. The van der Waals surface area contributed by atoms with Crippen molar-refractivity contribution in [3.8, 4) is 0 Å². The molecule has 0 bridgehead atoms. The predicted molar refractivity (Wildman–Crippen MR) is 85.2 cm³/mol. The monoisotopic (exact) mass is 332 g/mol. The number of likely N-dealkylation sites (tertiary alicyclic amines) is 1. The number of aliphatic hydroxyl groups is 1. The fourth-order valence-electron chi connectivity index (χ4n) is 2.68. The predicted octanol–water partition coefficient (Wildman–Crippen LogP) is 1.39. The van der Waals surface area contributed by atoms with Crippen LogP contribution in [-0.2, 0) is 16.4 Å². The van der Waals surface area contributed by atoms with Crippen LogP contribution in [0, 0.1) is 0 Å². The van der Waals surface area contributed by atoms with Crippen LogP contribution in [-0.4, -0.2) is 62.1 Å². The summed E-state index contributed by atoms with van der Waals surface area (Å²) in [6.07, 6.45) is 2.29. The Morgan fingerprint density at radius 1 is 1.38 bits per heavy atom. The van der Waals surface area contributed by atoms with Gasteiger partial charge in [0.15, 0.2) is 0 Å². The molecule has 0 spiro atoms. The van der Waals surface area contributed by atoms with Crippen molar-refractivity contribution >= 4 is 21.4 Å². The molecule has 5 nitrogen and oxygen atoms in total. The quantitative estimate of drug-likeness (QED) is 0.855. The highest BCUT2D eigenvalue weighted by Gasteiger charge is 2.31. The number of sulfonamides is 1. The van der Waals surface area contributed by atoms with Crippen LogP contribution in [0.3, 0.4) is 0 Å². The number of nitrogens with zero attached hydrogens (tertiary/aromatic N) is 2. The van der Waals surface area contributed by atoms with E-state index in [0.29, 0.717) is 10.6 Å². The Morgan fingerprint density at radius 2 is 2.05 bits per heavy atom. The summed E-state index contributed by atoms with van der Waals surface area (Å²) in [6, 6.07) is 3.53. The second-order valence-electron chi connectivity index (χ2n) is 5.38. The molecule has 0 radical (unpaired) electrons. The van der Waals surface area contributed by atoms with E-state index in [2.05, 4.69) is 11.8 Å². The maximum absolute atomic E-state index is 12.7. The molecule has 0 saturated carbocycles. The molecular weight excluding hydrogens is 308 g/mol. The molecule has 7 heteroatoms. The van der Waals surface area contributed by atoms with Crippen LogP contribution in [0.4, 0.5) is 0 Å². The number of piperidine rings is 1. The van der Waals surface area contributed by atoms with E-state index >= 15 is 0 Å². The van der Waals surface area contributed by atoms with Gasteiger partial charge in [0.2, 0.25) is 0 Å². The minimum absolute atomic E-state index is 0.0469. The summed E-state index contributed by atoms with van der Waals surface area (Å²) < 4.78 is 27.2. The van der Waals surface area contributed by atoms with Gasteiger partial charge in [-0.3, -0.25) is 0 Å². The Balaban J connectivity index is 2.07. The standard InChI is InChI=1S/C14H24N2O3S2/c1-3-16-9-6-12(7-10-16)15(2)21(18,19)14-5-4-13(20-14)8-11-17/h4-5,12,17H,3,6-11H2,1-2H3. The number of rotatable bonds is 6. The summed E-state index contributed by atoms with van der Waals surface area (Å²) in [7, 11) is -1.72. The lowest BCUT2D eigenvalue weighted by Crippen LogP contribution is -2.45. The highest BCUT2D eigenvalue weighted by atomic mass is 32.2. The first-order valence-electron chi connectivity index (χ1n) is 7.39. The van der Waals surface area contributed by atoms with E-state index in [0.717, 1.165) is 37.4 Å². The molecule has 1 N–H and O–H groups in total. The van der Waals surface area contributed by atoms with Gasteiger partial charge in [0.1, 0.15) is 4.21 Å². The first-order chi connectivity index (χ1) is 9.98. The number of thiophene rings is 1. The Labute approximate surface area is 131 Å². The van der Waals surface area contributed by atoms with Crippen molar-refractivity contribution in [1.82, 2.24) is 9.21 Å². The van der Waals surface area contributed by atoms with Gasteiger partial charge in [-0.2, -0.15) is 4.31 Å². The summed E-state index contributed by atoms with van der Waals surface area (Å²) >= 11 is 1.26. The van der Waals surface area contributed by atoms with E-state index in [1.165, 1.54) is 15.6 Å². The van der Waals surface area contributed by atoms with Gasteiger partial charge in [-0.25, -0.2) is 8.42 Å². The molecule has 0 atom stereocenters. The van der Waals surface area contributed by atoms with Crippen LogP contribution in [0.2, 0.25) is 0 Å². The molecule has 120 valence electrons. The van der Waals surface area contributed by atoms with Crippen LogP contribution in [0.5, 0.6) is 0 Å². The summed E-state index contributed by atoms with van der Waals surface area (Å²) in [5, 5.41) is 8.94. The molecule has 1 aliphatic rings. The Hall–Kier alpha value is -0.470. The maximum atomic E-state index is 12.7. The van der Waals surface area contributed by atoms with E-state index in [1.807, 2.05) is 0 Å². The van der Waals surface area contributed by atoms with Gasteiger partial charge >= 0.3 is 0 Å². The number of aliphatic hydroxyl groups excluding tert-OH is 1. The number of hydrogen-bond donors (Lipinski definition) is 1. The van der Waals surface area contributed by atoms with Gasteiger partial charge in [0.05, 0.1) is 0 Å². The zero-order valence-corrected chi connectivity index (χ0v) is 14.3. The molecular formula is C14H24N2O3S2. The highest BCUT2D eigenvalue weighted by Crippen LogP contribution is 2.28. The van der Waals surface area contributed by atoms with Crippen molar-refractivity contribution < 1.29 is 13.5 Å². The van der Waals surface area contributed by atoms with Crippen LogP contribution >= 0.6 is 11.3 Å². The molecule has 0 unspecified atom stereocenters. The molecule has 0 amide bonds. The Kier molecular flexibility index (Phi) is 5.79. The average molecular weight is 332 g/mol. The van der Waals surface area contributed by atoms with Crippen LogP contribution in [0.15, 0.2) is 16.3 Å². The minimum atomic E-state index is -3.41. The third kappa shape index (κ3) is 3.84. The smallest absolute Gasteiger partial charge is 0.252 e. The molecule has 1 saturated heterocycles. The van der Waals surface area contributed by atoms with Gasteiger partial charge in [0.25, 0.3) is 10.0 Å². The largest absolute Gasteiger partial charge is 0.396 e. The Morgan fingerprint density at radius 3 is 2.62 bits per heavy atom. The van der Waals surface area contributed by atoms with Gasteiger partial charge in [-0.15, -0.1) is 11.3 Å². The minimum Gasteiger partial charge on any atom is -0.396 e. The molecule has 0 aliphatic carbocycles. The zero-order chi connectivity index (χ0) is 15.5. The summed E-state index contributed by atoms with van der Waals surface area (Å²) in [5.74, 6) is 0. The van der Waals surface area contributed by atoms with E-state index in [9.17, 15) is 8.42 Å². The van der Waals surface area contributed by atoms with Crippen molar-refractivity contribution in [2.45, 2.75) is 36.4 Å². The summed E-state index contributed by atoms with van der Waals surface area (Å²) in [4.78, 5) is 3.26. The first-order valence-corrected chi connectivity index (χ1v) is 9.64. The van der Waals surface area contributed by atoms with E-state index in [4.69, 9.17) is 5.11 Å². The molecule has 1 aromatic heterocycles. The third-order valence-corrected chi connectivity index (χ3v) is 7.67. The average Bonchev–Trinajstić information content (AvgIpc) is 2.96. The lowest BCUT2D eigenvalue weighted by Gasteiger charge is -2.35. The second-order valence-corrected chi connectivity index (χ2v) is 8.77. The topological polar surface area (TPSA) is 60.9 Å². The van der Waals surface area contributed by atoms with Gasteiger partial charge in [0, 0.05) is 31.0 Å². The van der Waals surface area contributed by atoms with Gasteiger partial charge in [-0.05, 0) is 44.6 Å². The molecule has 0 aromatic carbocycles. The van der Waals surface area contributed by atoms with Crippen LogP contribution < -0.4 is 0 Å². The highest BCUT2D eigenvalue weighted by molar-refractivity contribution is 7.91. The molecule has 21 heavy (non-hydrogen) atoms. The van der Waals surface area contributed by atoms with Crippen molar-refractivity contribution in [2.75, 3.05) is 33.3 Å². The van der Waals surface area contributed by atoms with Gasteiger partial charge < -0.3 is 10.0 Å². The van der Waals surface area contributed by atoms with E-state index in [-0.39, 0.29) is 12.6 Å². The summed E-state index contributed by atoms with van der Waals surface area (Å²) in [5.41, 5.74) is 0. The third-order valence-electron chi connectivity index (χ3n) is 4.15. The van der Waals surface area contributed by atoms with Crippen molar-refractivity contribution in [1.29, 1.82) is 0 Å². The lowest BCUT2D eigenvalue weighted by atomic mass is 10.1. The zero-order valence-electron chi connectivity index (χ0n) is 12.7. The fraction of sp³-hybridized carbons (Fsp3) is 0.714. The molecule has 2 heterocycles. The summed E-state index contributed by atoms with van der Waals surface area (Å²) in [6.45, 7) is 5.13. The van der Waals surface area contributed by atoms with E-state index in [1.54, 1.807) is 19.2 Å². The Bertz CT molecular complexity index is 548. The van der Waals surface area contributed by atoms with Gasteiger partial charge in [-0.1, -0.05) is 6.92 Å². The maximum Gasteiger partial charge on any atom is 0.252 e. The fourth-order valence-corrected chi connectivity index (χ4v) is 5.62. The first kappa shape index (κ1) is 16.9. The lowest BCUT2D eigenvalue weighted by molar-refractivity contribution is 0.176. The second kappa shape index (κ2) is 7.19. The molecule has 1 aromatic rings. The van der Waals surface area contributed by atoms with Crippen molar-refractivity contribution in [2.24, 2.45) is 0 Å². The molecule has 1 fully saturated rings. The molecule has 2 rings (SSSR count). The van der Waals surface area contributed by atoms with Crippen molar-refractivity contribution in [3.05, 3.63) is 17.0 Å². The number of hydrogen-bond acceptors (Lipinski definition) is 5. The molecule has 1 aliphatic heterocycles. The van der Waals surface area contributed by atoms with Crippen molar-refractivity contribution in [3.63, 3.8) is 0 Å². The van der Waals surface area contributed by atoms with E-state index < -0.39 is 10.0 Å². The van der Waals surface area contributed by atoms with Crippen LogP contribution in [0.1, 0.15) is 24.6 Å². The normalized spacial score (nSPS) is 18.5. The van der Waals surface area contributed by atoms with Crippen LogP contribution in [0.25, 0.3) is 0 Å².